The molecule has 210 valence electrons. The Kier molecular flexibility index (Phi) is 8.22. The Morgan fingerprint density at radius 3 is 2.59 bits per heavy atom. The summed E-state index contributed by atoms with van der Waals surface area (Å²) >= 11 is 0. The van der Waals surface area contributed by atoms with Crippen LogP contribution in [0.25, 0.3) is 22.2 Å². The fourth-order valence-electron chi connectivity index (χ4n) is 6.42. The van der Waals surface area contributed by atoms with Gasteiger partial charge in [0.2, 0.25) is 0 Å². The SMILES string of the molecule is CCc1nc2c(NC)ncc(-c3cnn(C4CCN(C5CCCNCC5)CC4)c3)c2nc1NC1CCOCC1. The molecular weight excluding hydrogens is 490 g/mol. The predicted octanol–water partition coefficient (Wildman–Crippen LogP) is 3.86. The molecule has 6 heterocycles. The van der Waals surface area contributed by atoms with Crippen molar-refractivity contribution in [3.8, 4) is 11.1 Å². The normalized spacial score (nSPS) is 22.2. The lowest BCUT2D eigenvalue weighted by Crippen LogP contribution is -2.42. The van der Waals surface area contributed by atoms with Gasteiger partial charge in [-0.05, 0) is 64.5 Å². The van der Waals surface area contributed by atoms with Gasteiger partial charge in [-0.3, -0.25) is 4.68 Å². The Morgan fingerprint density at radius 2 is 1.79 bits per heavy atom. The second kappa shape index (κ2) is 12.1. The number of hydrogen-bond donors (Lipinski definition) is 3. The monoisotopic (exact) mass is 533 g/mol. The van der Waals surface area contributed by atoms with Crippen molar-refractivity contribution in [2.75, 3.05) is 57.1 Å². The van der Waals surface area contributed by atoms with Gasteiger partial charge in [-0.2, -0.15) is 5.10 Å². The van der Waals surface area contributed by atoms with Crippen LogP contribution < -0.4 is 16.0 Å². The van der Waals surface area contributed by atoms with Gasteiger partial charge < -0.3 is 25.6 Å². The molecule has 39 heavy (non-hydrogen) atoms. The number of nitrogens with one attached hydrogen (secondary N) is 3. The third-order valence-corrected chi connectivity index (χ3v) is 8.75. The van der Waals surface area contributed by atoms with Crippen molar-refractivity contribution in [1.29, 1.82) is 0 Å². The van der Waals surface area contributed by atoms with E-state index in [4.69, 9.17) is 24.8 Å². The number of hydrogen-bond acceptors (Lipinski definition) is 9. The van der Waals surface area contributed by atoms with Gasteiger partial charge in [0.05, 0.1) is 17.9 Å². The number of pyridine rings is 1. The summed E-state index contributed by atoms with van der Waals surface area (Å²) in [5.41, 5.74) is 4.66. The lowest BCUT2D eigenvalue weighted by atomic mass is 10.00. The van der Waals surface area contributed by atoms with Gasteiger partial charge in [0.25, 0.3) is 0 Å². The maximum Gasteiger partial charge on any atom is 0.153 e. The molecule has 3 saturated heterocycles. The molecule has 3 fully saturated rings. The fraction of sp³-hybridized carbons (Fsp3) is 0.655. The van der Waals surface area contributed by atoms with Gasteiger partial charge >= 0.3 is 0 Å². The summed E-state index contributed by atoms with van der Waals surface area (Å²) in [5.74, 6) is 1.63. The number of ether oxygens (including phenoxy) is 1. The van der Waals surface area contributed by atoms with Crippen LogP contribution >= 0.6 is 0 Å². The molecule has 3 aromatic heterocycles. The van der Waals surface area contributed by atoms with Crippen LogP contribution in [0.5, 0.6) is 0 Å². The Balaban J connectivity index is 1.25. The molecule has 1 unspecified atom stereocenters. The molecule has 0 amide bonds. The van der Waals surface area contributed by atoms with Crippen LogP contribution in [-0.4, -0.2) is 88.2 Å². The second-order valence-corrected chi connectivity index (χ2v) is 11.2. The molecule has 3 aliphatic rings. The minimum absolute atomic E-state index is 0.354. The quantitative estimate of drug-likeness (QED) is 0.417. The van der Waals surface area contributed by atoms with Crippen molar-refractivity contribution < 1.29 is 4.74 Å². The number of piperidine rings is 1. The van der Waals surface area contributed by atoms with Crippen LogP contribution in [0, 0.1) is 0 Å². The highest BCUT2D eigenvalue weighted by Gasteiger charge is 2.27. The van der Waals surface area contributed by atoms with Crippen molar-refractivity contribution in [1.82, 2.24) is 34.9 Å². The van der Waals surface area contributed by atoms with Gasteiger partial charge in [-0.25, -0.2) is 15.0 Å². The van der Waals surface area contributed by atoms with Crippen LogP contribution in [0.1, 0.15) is 63.6 Å². The van der Waals surface area contributed by atoms with E-state index in [1.165, 1.54) is 25.8 Å². The van der Waals surface area contributed by atoms with Crippen LogP contribution in [-0.2, 0) is 11.2 Å². The Morgan fingerprint density at radius 1 is 0.949 bits per heavy atom. The molecule has 1 atom stereocenters. The molecule has 10 nitrogen and oxygen atoms in total. The largest absolute Gasteiger partial charge is 0.381 e. The van der Waals surface area contributed by atoms with E-state index >= 15 is 0 Å². The summed E-state index contributed by atoms with van der Waals surface area (Å²) in [6.07, 6.45) is 15.0. The van der Waals surface area contributed by atoms with Gasteiger partial charge in [0.15, 0.2) is 5.82 Å². The summed E-state index contributed by atoms with van der Waals surface area (Å²) in [6, 6.07) is 1.51. The lowest BCUT2D eigenvalue weighted by molar-refractivity contribution is 0.0903. The van der Waals surface area contributed by atoms with Crippen LogP contribution in [0.4, 0.5) is 11.6 Å². The predicted molar refractivity (Wildman–Crippen MR) is 155 cm³/mol. The number of aryl methyl sites for hydroxylation is 1. The third-order valence-electron chi connectivity index (χ3n) is 8.75. The summed E-state index contributed by atoms with van der Waals surface area (Å²) in [4.78, 5) is 17.7. The van der Waals surface area contributed by atoms with Crippen molar-refractivity contribution >= 4 is 22.7 Å². The standard InChI is InChI=1S/C29H43N9O/c1-3-25-28(34-21-9-15-39-16-10-21)36-26-24(18-32-29(30-2)27(26)35-25)20-17-33-38(19-20)23-7-13-37(14-8-23)22-5-4-11-31-12-6-22/h17-19,21-23,31H,3-16H2,1-2H3,(H,30,32)(H,34,36). The zero-order valence-electron chi connectivity index (χ0n) is 23.5. The van der Waals surface area contributed by atoms with Gasteiger partial charge in [-0.1, -0.05) is 6.92 Å². The first kappa shape index (κ1) is 26.4. The second-order valence-electron chi connectivity index (χ2n) is 11.2. The number of nitrogens with zero attached hydrogens (tertiary/aromatic N) is 6. The molecule has 3 N–H and O–H groups in total. The van der Waals surface area contributed by atoms with E-state index in [-0.39, 0.29) is 0 Å². The molecule has 0 aliphatic carbocycles. The molecular formula is C29H43N9O. The number of aromatic nitrogens is 5. The third kappa shape index (κ3) is 5.73. The fourth-order valence-corrected chi connectivity index (χ4v) is 6.42. The van der Waals surface area contributed by atoms with E-state index in [0.29, 0.717) is 12.1 Å². The van der Waals surface area contributed by atoms with Crippen molar-refractivity contribution in [2.24, 2.45) is 0 Å². The van der Waals surface area contributed by atoms with E-state index in [9.17, 15) is 0 Å². The Hall–Kier alpha value is -2.82. The van der Waals surface area contributed by atoms with E-state index in [0.717, 1.165) is 110 Å². The summed E-state index contributed by atoms with van der Waals surface area (Å²) < 4.78 is 7.73. The number of likely N-dealkylation sites (tertiary alicyclic amines) is 1. The average molecular weight is 534 g/mol. The summed E-state index contributed by atoms with van der Waals surface area (Å²) in [5, 5.41) is 15.3. The van der Waals surface area contributed by atoms with E-state index in [2.05, 4.69) is 38.7 Å². The smallest absolute Gasteiger partial charge is 0.153 e. The zero-order chi connectivity index (χ0) is 26.6. The molecule has 0 radical (unpaired) electrons. The van der Waals surface area contributed by atoms with E-state index in [1.807, 2.05) is 19.4 Å². The maximum absolute atomic E-state index is 5.56. The zero-order valence-corrected chi connectivity index (χ0v) is 23.5. The van der Waals surface area contributed by atoms with Crippen LogP contribution in [0.15, 0.2) is 18.6 Å². The number of fused-ring (bicyclic) bond motifs is 1. The topological polar surface area (TPSA) is 105 Å². The first-order chi connectivity index (χ1) is 19.2. The van der Waals surface area contributed by atoms with Crippen LogP contribution in [0.3, 0.4) is 0 Å². The molecule has 6 rings (SSSR count). The lowest BCUT2D eigenvalue weighted by Gasteiger charge is -2.37. The maximum atomic E-state index is 5.56. The number of anilines is 2. The van der Waals surface area contributed by atoms with Gasteiger partial charge in [0, 0.05) is 69.0 Å². The van der Waals surface area contributed by atoms with Crippen molar-refractivity contribution in [3.63, 3.8) is 0 Å². The highest BCUT2D eigenvalue weighted by Crippen LogP contribution is 2.33. The number of rotatable bonds is 7. The molecule has 0 spiro atoms. The van der Waals surface area contributed by atoms with Crippen molar-refractivity contribution in [2.45, 2.75) is 76.4 Å². The molecule has 3 aliphatic heterocycles. The molecule has 10 heteroatoms. The Bertz CT molecular complexity index is 1240. The van der Waals surface area contributed by atoms with Crippen molar-refractivity contribution in [3.05, 3.63) is 24.3 Å². The minimum Gasteiger partial charge on any atom is -0.381 e. The molecule has 3 aromatic rings. The molecule has 0 saturated carbocycles. The summed E-state index contributed by atoms with van der Waals surface area (Å²) in [6.45, 7) is 8.32. The van der Waals surface area contributed by atoms with Gasteiger partial charge in [-0.15, -0.1) is 0 Å². The minimum atomic E-state index is 0.354. The first-order valence-corrected chi connectivity index (χ1v) is 14.9. The Labute approximate surface area is 231 Å². The average Bonchev–Trinajstić information content (AvgIpc) is 3.31. The molecule has 0 bridgehead atoms. The molecule has 0 aromatic carbocycles. The highest BCUT2D eigenvalue weighted by atomic mass is 16.5. The summed E-state index contributed by atoms with van der Waals surface area (Å²) in [7, 11) is 1.89. The van der Waals surface area contributed by atoms with Gasteiger partial charge in [0.1, 0.15) is 16.9 Å². The van der Waals surface area contributed by atoms with Crippen LogP contribution in [0.2, 0.25) is 0 Å². The van der Waals surface area contributed by atoms with E-state index < -0.39 is 0 Å². The van der Waals surface area contributed by atoms with E-state index in [1.54, 1.807) is 0 Å². The highest BCUT2D eigenvalue weighted by molar-refractivity contribution is 5.97. The first-order valence-electron chi connectivity index (χ1n) is 14.9.